The molecule has 0 aliphatic carbocycles. The fourth-order valence-electron chi connectivity index (χ4n) is 1.38. The minimum atomic E-state index is -0.354. The van der Waals surface area contributed by atoms with E-state index in [1.807, 2.05) is 12.1 Å². The van der Waals surface area contributed by atoms with Gasteiger partial charge in [-0.25, -0.2) is 4.79 Å². The average Bonchev–Trinajstić information content (AvgIpc) is 2.29. The van der Waals surface area contributed by atoms with Gasteiger partial charge in [0.15, 0.2) is 0 Å². The van der Waals surface area contributed by atoms with Crippen molar-refractivity contribution in [1.29, 1.82) is 0 Å². The molecule has 0 aliphatic rings. The molecule has 0 fully saturated rings. The minimum absolute atomic E-state index is 0.354. The second-order valence-corrected chi connectivity index (χ2v) is 3.78. The van der Waals surface area contributed by atoms with Gasteiger partial charge in [-0.3, -0.25) is 4.98 Å². The summed E-state index contributed by atoms with van der Waals surface area (Å²) >= 11 is 3.38. The van der Waals surface area contributed by atoms with Gasteiger partial charge >= 0.3 is 5.97 Å². The number of benzene rings is 1. The summed E-state index contributed by atoms with van der Waals surface area (Å²) in [5.41, 5.74) is 1.36. The van der Waals surface area contributed by atoms with Crippen molar-refractivity contribution in [2.75, 3.05) is 7.11 Å². The first-order valence-corrected chi connectivity index (χ1v) is 5.15. The molecule has 4 heteroatoms. The third kappa shape index (κ3) is 1.72. The van der Waals surface area contributed by atoms with E-state index in [0.717, 1.165) is 15.4 Å². The van der Waals surface area contributed by atoms with Crippen LogP contribution in [0.2, 0.25) is 0 Å². The number of halogens is 1. The molecule has 2 rings (SSSR count). The van der Waals surface area contributed by atoms with Crippen molar-refractivity contribution in [1.82, 2.24) is 4.98 Å². The molecule has 0 unspecified atom stereocenters. The number of pyridine rings is 1. The first-order valence-electron chi connectivity index (χ1n) is 4.35. The Morgan fingerprint density at radius 1 is 1.40 bits per heavy atom. The van der Waals surface area contributed by atoms with Gasteiger partial charge < -0.3 is 4.74 Å². The lowest BCUT2D eigenvalue weighted by molar-refractivity contribution is 0.0600. The molecule has 2 aromatic rings. The molecule has 1 heterocycles. The number of fused-ring (bicyclic) bond motifs is 1. The molecule has 15 heavy (non-hydrogen) atoms. The Balaban J connectivity index is 2.70. The quantitative estimate of drug-likeness (QED) is 0.745. The van der Waals surface area contributed by atoms with E-state index in [4.69, 9.17) is 0 Å². The zero-order chi connectivity index (χ0) is 10.8. The van der Waals surface area contributed by atoms with E-state index in [9.17, 15) is 4.79 Å². The van der Waals surface area contributed by atoms with Crippen molar-refractivity contribution in [2.45, 2.75) is 0 Å². The summed E-state index contributed by atoms with van der Waals surface area (Å²) in [6, 6.07) is 7.23. The van der Waals surface area contributed by atoms with Crippen LogP contribution in [-0.2, 0) is 4.74 Å². The summed E-state index contributed by atoms with van der Waals surface area (Å²) in [5, 5.41) is 0.903. The summed E-state index contributed by atoms with van der Waals surface area (Å²) in [6.07, 6.45) is 1.71. The fourth-order valence-corrected chi connectivity index (χ4v) is 2.01. The number of aromatic nitrogens is 1. The van der Waals surface area contributed by atoms with Crippen LogP contribution in [0.5, 0.6) is 0 Å². The van der Waals surface area contributed by atoms with E-state index in [2.05, 4.69) is 25.7 Å². The molecule has 3 nitrogen and oxygen atoms in total. The highest BCUT2D eigenvalue weighted by molar-refractivity contribution is 9.10. The minimum Gasteiger partial charge on any atom is -0.465 e. The van der Waals surface area contributed by atoms with E-state index in [-0.39, 0.29) is 5.97 Å². The molecule has 0 radical (unpaired) electrons. The van der Waals surface area contributed by atoms with Crippen molar-refractivity contribution >= 4 is 32.8 Å². The Bertz CT molecular complexity index is 525. The highest BCUT2D eigenvalue weighted by Gasteiger charge is 2.12. The average molecular weight is 266 g/mol. The molecular formula is C11H8BrNO2. The van der Waals surface area contributed by atoms with Crippen LogP contribution in [0.25, 0.3) is 10.9 Å². The molecule has 76 valence electrons. The smallest absolute Gasteiger partial charge is 0.339 e. The molecule has 0 spiro atoms. The second kappa shape index (κ2) is 3.98. The highest BCUT2D eigenvalue weighted by atomic mass is 79.9. The number of carbonyl (C=O) groups excluding carboxylic acids is 1. The third-order valence-electron chi connectivity index (χ3n) is 2.12. The van der Waals surface area contributed by atoms with Crippen molar-refractivity contribution in [3.8, 4) is 0 Å². The lowest BCUT2D eigenvalue weighted by Crippen LogP contribution is -2.02. The van der Waals surface area contributed by atoms with Gasteiger partial charge in [0.25, 0.3) is 0 Å². The summed E-state index contributed by atoms with van der Waals surface area (Å²) < 4.78 is 5.40. The number of carbonyl (C=O) groups is 1. The van der Waals surface area contributed by atoms with Crippen LogP contribution in [0.15, 0.2) is 34.9 Å². The van der Waals surface area contributed by atoms with Gasteiger partial charge in [-0.05, 0) is 34.1 Å². The molecule has 0 aliphatic heterocycles. The molecule has 0 saturated heterocycles. The van der Waals surface area contributed by atoms with E-state index in [0.29, 0.717) is 5.56 Å². The largest absolute Gasteiger partial charge is 0.465 e. The number of rotatable bonds is 1. The van der Waals surface area contributed by atoms with Crippen molar-refractivity contribution < 1.29 is 9.53 Å². The maximum Gasteiger partial charge on any atom is 0.339 e. The van der Waals surface area contributed by atoms with E-state index >= 15 is 0 Å². The fraction of sp³-hybridized carbons (Fsp3) is 0.0909. The first kappa shape index (κ1) is 10.1. The predicted octanol–water partition coefficient (Wildman–Crippen LogP) is 2.78. The summed E-state index contributed by atoms with van der Waals surface area (Å²) in [7, 11) is 1.36. The van der Waals surface area contributed by atoms with Gasteiger partial charge in [-0.15, -0.1) is 0 Å². The molecule has 1 aromatic carbocycles. The van der Waals surface area contributed by atoms with Gasteiger partial charge in [-0.2, -0.15) is 0 Å². The van der Waals surface area contributed by atoms with Crippen LogP contribution < -0.4 is 0 Å². The van der Waals surface area contributed by atoms with Gasteiger partial charge in [0, 0.05) is 16.1 Å². The highest BCUT2D eigenvalue weighted by Crippen LogP contribution is 2.26. The van der Waals surface area contributed by atoms with Crippen LogP contribution in [0, 0.1) is 0 Å². The topological polar surface area (TPSA) is 39.2 Å². The maximum atomic E-state index is 11.4. The predicted molar refractivity (Wildman–Crippen MR) is 60.8 cm³/mol. The lowest BCUT2D eigenvalue weighted by Gasteiger charge is -2.05. The van der Waals surface area contributed by atoms with Crippen LogP contribution in [0.1, 0.15) is 10.4 Å². The Kier molecular flexibility index (Phi) is 2.68. The van der Waals surface area contributed by atoms with Gasteiger partial charge in [0.2, 0.25) is 0 Å². The first-order chi connectivity index (χ1) is 7.24. The zero-order valence-corrected chi connectivity index (χ0v) is 9.61. The lowest BCUT2D eigenvalue weighted by atomic mass is 10.1. The maximum absolute atomic E-state index is 11.4. The molecular weight excluding hydrogens is 258 g/mol. The zero-order valence-electron chi connectivity index (χ0n) is 8.03. The summed E-state index contributed by atoms with van der Waals surface area (Å²) in [6.45, 7) is 0. The van der Waals surface area contributed by atoms with Crippen LogP contribution in [0.3, 0.4) is 0 Å². The SMILES string of the molecule is COC(=O)c1ccc2ncccc2c1Br. The Hall–Kier alpha value is -1.42. The molecule has 0 atom stereocenters. The van der Waals surface area contributed by atoms with Crippen LogP contribution in [-0.4, -0.2) is 18.1 Å². The molecule has 0 saturated carbocycles. The number of hydrogen-bond acceptors (Lipinski definition) is 3. The van der Waals surface area contributed by atoms with Crippen molar-refractivity contribution in [3.63, 3.8) is 0 Å². The van der Waals surface area contributed by atoms with E-state index in [1.54, 1.807) is 18.3 Å². The molecule has 0 amide bonds. The molecule has 1 aromatic heterocycles. The van der Waals surface area contributed by atoms with Crippen LogP contribution in [0.4, 0.5) is 0 Å². The van der Waals surface area contributed by atoms with Crippen LogP contribution >= 0.6 is 15.9 Å². The number of methoxy groups -OCH3 is 1. The van der Waals surface area contributed by atoms with Gasteiger partial charge in [-0.1, -0.05) is 6.07 Å². The van der Waals surface area contributed by atoms with Crippen molar-refractivity contribution in [3.05, 3.63) is 40.5 Å². The number of hydrogen-bond donors (Lipinski definition) is 0. The Morgan fingerprint density at radius 3 is 2.93 bits per heavy atom. The Morgan fingerprint density at radius 2 is 2.20 bits per heavy atom. The number of nitrogens with zero attached hydrogens (tertiary/aromatic N) is 1. The van der Waals surface area contributed by atoms with Crippen molar-refractivity contribution in [2.24, 2.45) is 0 Å². The Labute approximate surface area is 95.2 Å². The number of esters is 1. The molecule has 0 bridgehead atoms. The van der Waals surface area contributed by atoms with E-state index in [1.165, 1.54) is 7.11 Å². The van der Waals surface area contributed by atoms with E-state index < -0.39 is 0 Å². The number of ether oxygens (including phenoxy) is 1. The standard InChI is InChI=1S/C11H8BrNO2/c1-15-11(14)8-4-5-9-7(10(8)12)3-2-6-13-9/h2-6H,1H3. The van der Waals surface area contributed by atoms with Gasteiger partial charge in [0.1, 0.15) is 0 Å². The summed E-state index contributed by atoms with van der Waals surface area (Å²) in [5.74, 6) is -0.354. The third-order valence-corrected chi connectivity index (χ3v) is 2.98. The van der Waals surface area contributed by atoms with Gasteiger partial charge in [0.05, 0.1) is 18.2 Å². The summed E-state index contributed by atoms with van der Waals surface area (Å²) in [4.78, 5) is 15.6. The normalized spacial score (nSPS) is 10.3. The monoisotopic (exact) mass is 265 g/mol. The molecule has 0 N–H and O–H groups in total. The second-order valence-electron chi connectivity index (χ2n) is 2.99.